The van der Waals surface area contributed by atoms with Crippen LogP contribution in [-0.2, 0) is 0 Å². The number of pyridine rings is 2. The molecule has 0 radical (unpaired) electrons. The average Bonchev–Trinajstić information content (AvgIpc) is 2.53. The minimum Gasteiger partial charge on any atom is -0.255 e. The molecule has 20 heavy (non-hydrogen) atoms. The lowest BCUT2D eigenvalue weighted by atomic mass is 10.1. The van der Waals surface area contributed by atoms with Gasteiger partial charge in [-0.15, -0.1) is 0 Å². The van der Waals surface area contributed by atoms with E-state index in [4.69, 9.17) is 4.98 Å². The first-order chi connectivity index (χ1) is 9.90. The van der Waals surface area contributed by atoms with Crippen molar-refractivity contribution in [2.45, 2.75) is 0 Å². The smallest absolute Gasteiger partial charge is 0.0893 e. The third-order valence-electron chi connectivity index (χ3n) is 3.48. The highest BCUT2D eigenvalue weighted by molar-refractivity contribution is 5.97. The van der Waals surface area contributed by atoms with Gasteiger partial charge in [0.25, 0.3) is 0 Å². The lowest BCUT2D eigenvalue weighted by molar-refractivity contribution is 1.28. The summed E-state index contributed by atoms with van der Waals surface area (Å²) in [6, 6.07) is 22.7. The molecule has 0 N–H and O–H groups in total. The number of rotatable bonds is 1. The van der Waals surface area contributed by atoms with Gasteiger partial charge in [-0.1, -0.05) is 36.4 Å². The normalized spacial score (nSPS) is 11.0. The maximum Gasteiger partial charge on any atom is 0.0893 e. The average molecular weight is 256 g/mol. The number of fused-ring (bicyclic) bond motifs is 2. The van der Waals surface area contributed by atoms with Crippen molar-refractivity contribution in [3.63, 3.8) is 0 Å². The van der Waals surface area contributed by atoms with Crippen LogP contribution in [0.4, 0.5) is 0 Å². The molecule has 0 atom stereocenters. The van der Waals surface area contributed by atoms with Gasteiger partial charge in [-0.25, -0.2) is 4.98 Å². The van der Waals surface area contributed by atoms with Crippen LogP contribution in [-0.4, -0.2) is 9.97 Å². The maximum atomic E-state index is 4.73. The second kappa shape index (κ2) is 4.42. The molecule has 0 amide bonds. The first-order valence-corrected chi connectivity index (χ1v) is 6.61. The first-order valence-electron chi connectivity index (χ1n) is 6.61. The molecule has 0 saturated heterocycles. The Morgan fingerprint density at radius 1 is 0.600 bits per heavy atom. The molecule has 2 aromatic carbocycles. The fourth-order valence-electron chi connectivity index (χ4n) is 2.47. The minimum atomic E-state index is 0.905. The summed E-state index contributed by atoms with van der Waals surface area (Å²) in [5.74, 6) is 0. The molecule has 0 bridgehead atoms. The van der Waals surface area contributed by atoms with E-state index in [0.29, 0.717) is 0 Å². The maximum absolute atomic E-state index is 4.73. The van der Waals surface area contributed by atoms with Crippen LogP contribution in [0, 0.1) is 0 Å². The van der Waals surface area contributed by atoms with Crippen molar-refractivity contribution in [1.29, 1.82) is 0 Å². The van der Waals surface area contributed by atoms with Gasteiger partial charge in [0.15, 0.2) is 0 Å². The van der Waals surface area contributed by atoms with Crippen LogP contribution < -0.4 is 0 Å². The molecule has 0 saturated carbocycles. The Balaban J connectivity index is 1.97. The molecule has 2 heterocycles. The number of hydrogen-bond acceptors (Lipinski definition) is 2. The molecule has 2 aromatic heterocycles. The topological polar surface area (TPSA) is 25.8 Å². The highest BCUT2D eigenvalue weighted by Crippen LogP contribution is 2.24. The quantitative estimate of drug-likeness (QED) is 0.470. The monoisotopic (exact) mass is 256 g/mol. The van der Waals surface area contributed by atoms with Crippen LogP contribution in [0.2, 0.25) is 0 Å². The van der Waals surface area contributed by atoms with Crippen molar-refractivity contribution in [3.05, 3.63) is 72.9 Å². The molecule has 94 valence electrons. The molecule has 4 aromatic rings. The van der Waals surface area contributed by atoms with Crippen LogP contribution in [0.5, 0.6) is 0 Å². The second-order valence-corrected chi connectivity index (χ2v) is 4.80. The van der Waals surface area contributed by atoms with Crippen LogP contribution >= 0.6 is 0 Å². The van der Waals surface area contributed by atoms with Crippen LogP contribution in [0.1, 0.15) is 0 Å². The van der Waals surface area contributed by atoms with Crippen molar-refractivity contribution >= 4 is 21.7 Å². The summed E-state index contributed by atoms with van der Waals surface area (Å²) in [4.78, 5) is 9.09. The van der Waals surface area contributed by atoms with Gasteiger partial charge in [-0.2, -0.15) is 0 Å². The number of hydrogen-bond donors (Lipinski definition) is 0. The highest BCUT2D eigenvalue weighted by atomic mass is 14.8. The highest BCUT2D eigenvalue weighted by Gasteiger charge is 2.03. The van der Waals surface area contributed by atoms with E-state index in [1.165, 1.54) is 10.8 Å². The van der Waals surface area contributed by atoms with Crippen molar-refractivity contribution in [1.82, 2.24) is 9.97 Å². The molecular formula is C18H12N2. The number of aromatic nitrogens is 2. The molecule has 2 heteroatoms. The first kappa shape index (κ1) is 11.1. The Bertz CT molecular complexity index is 899. The Hall–Kier alpha value is -2.74. The minimum absolute atomic E-state index is 0.905. The van der Waals surface area contributed by atoms with Gasteiger partial charge in [0, 0.05) is 11.6 Å². The molecule has 0 aliphatic heterocycles. The second-order valence-electron chi connectivity index (χ2n) is 4.80. The fraction of sp³-hybridized carbons (Fsp3) is 0. The predicted octanol–water partition coefficient (Wildman–Crippen LogP) is 4.45. The van der Waals surface area contributed by atoms with E-state index in [2.05, 4.69) is 47.4 Å². The van der Waals surface area contributed by atoms with Crippen molar-refractivity contribution in [2.24, 2.45) is 0 Å². The molecule has 0 unspecified atom stereocenters. The molecule has 0 aliphatic carbocycles. The fourth-order valence-corrected chi connectivity index (χ4v) is 2.47. The Labute approximate surface area is 116 Å². The molecule has 0 aliphatic rings. The van der Waals surface area contributed by atoms with Crippen molar-refractivity contribution in [3.8, 4) is 11.4 Å². The third kappa shape index (κ3) is 1.82. The molecular weight excluding hydrogens is 244 g/mol. The predicted molar refractivity (Wildman–Crippen MR) is 82.5 cm³/mol. The van der Waals surface area contributed by atoms with Gasteiger partial charge in [-0.3, -0.25) is 4.98 Å². The zero-order chi connectivity index (χ0) is 13.4. The van der Waals surface area contributed by atoms with E-state index < -0.39 is 0 Å². The van der Waals surface area contributed by atoms with E-state index in [1.807, 2.05) is 24.3 Å². The molecule has 4 rings (SSSR count). The Kier molecular flexibility index (Phi) is 2.46. The summed E-state index contributed by atoms with van der Waals surface area (Å²) < 4.78 is 0. The van der Waals surface area contributed by atoms with Crippen molar-refractivity contribution < 1.29 is 0 Å². The van der Waals surface area contributed by atoms with E-state index in [0.717, 1.165) is 22.3 Å². The summed E-state index contributed by atoms with van der Waals surface area (Å²) in [7, 11) is 0. The SMILES string of the molecule is c1ccc(-c2ccc3cc4ccccc4cc3n2)nc1. The van der Waals surface area contributed by atoms with Gasteiger partial charge in [0.1, 0.15) is 0 Å². The summed E-state index contributed by atoms with van der Waals surface area (Å²) >= 11 is 0. The lowest BCUT2D eigenvalue weighted by Crippen LogP contribution is -1.88. The van der Waals surface area contributed by atoms with Gasteiger partial charge in [0.2, 0.25) is 0 Å². The standard InChI is InChI=1S/C18H12N2/c1-2-6-14-12-18-15(11-13(14)5-1)8-9-17(20-18)16-7-3-4-10-19-16/h1-12H. The van der Waals surface area contributed by atoms with E-state index in [9.17, 15) is 0 Å². The summed E-state index contributed by atoms with van der Waals surface area (Å²) in [6.45, 7) is 0. The Morgan fingerprint density at radius 2 is 1.40 bits per heavy atom. The van der Waals surface area contributed by atoms with Crippen LogP contribution in [0.3, 0.4) is 0 Å². The van der Waals surface area contributed by atoms with E-state index in [1.54, 1.807) is 6.20 Å². The van der Waals surface area contributed by atoms with Gasteiger partial charge in [0.05, 0.1) is 16.9 Å². The largest absolute Gasteiger partial charge is 0.255 e. The van der Waals surface area contributed by atoms with Crippen molar-refractivity contribution in [2.75, 3.05) is 0 Å². The van der Waals surface area contributed by atoms with Gasteiger partial charge in [-0.05, 0) is 41.1 Å². The zero-order valence-electron chi connectivity index (χ0n) is 10.8. The van der Waals surface area contributed by atoms with Gasteiger partial charge < -0.3 is 0 Å². The Morgan fingerprint density at radius 3 is 2.20 bits per heavy atom. The summed E-state index contributed by atoms with van der Waals surface area (Å²) in [6.07, 6.45) is 1.79. The summed E-state index contributed by atoms with van der Waals surface area (Å²) in [5, 5.41) is 3.61. The summed E-state index contributed by atoms with van der Waals surface area (Å²) in [5.41, 5.74) is 2.82. The zero-order valence-corrected chi connectivity index (χ0v) is 10.8. The molecule has 0 fully saturated rings. The molecule has 0 spiro atoms. The van der Waals surface area contributed by atoms with E-state index >= 15 is 0 Å². The number of nitrogens with zero attached hydrogens (tertiary/aromatic N) is 2. The number of benzene rings is 2. The van der Waals surface area contributed by atoms with E-state index in [-0.39, 0.29) is 0 Å². The van der Waals surface area contributed by atoms with Crippen LogP contribution in [0.25, 0.3) is 33.1 Å². The molecule has 2 nitrogen and oxygen atoms in total. The van der Waals surface area contributed by atoms with Gasteiger partial charge >= 0.3 is 0 Å². The lowest BCUT2D eigenvalue weighted by Gasteiger charge is -2.04. The third-order valence-corrected chi connectivity index (χ3v) is 3.48. The van der Waals surface area contributed by atoms with Crippen LogP contribution in [0.15, 0.2) is 72.9 Å².